The summed E-state index contributed by atoms with van der Waals surface area (Å²) >= 11 is 0. The minimum atomic E-state index is -0.643. The lowest BCUT2D eigenvalue weighted by molar-refractivity contribution is -0.707. The number of aromatic amines is 1. The fourth-order valence-corrected chi connectivity index (χ4v) is 4.08. The van der Waals surface area contributed by atoms with Crippen molar-refractivity contribution in [1.82, 2.24) is 20.1 Å². The number of hydrogen-bond acceptors (Lipinski definition) is 4. The van der Waals surface area contributed by atoms with E-state index in [1.54, 1.807) is 4.90 Å². The van der Waals surface area contributed by atoms with Crippen LogP contribution in [0.25, 0.3) is 22.2 Å². The topological polar surface area (TPSA) is 99.2 Å². The molecule has 1 aliphatic carbocycles. The van der Waals surface area contributed by atoms with E-state index in [0.29, 0.717) is 31.7 Å². The lowest BCUT2D eigenvalue weighted by Crippen LogP contribution is -2.55. The van der Waals surface area contributed by atoms with Crippen molar-refractivity contribution >= 4 is 22.8 Å². The van der Waals surface area contributed by atoms with Crippen molar-refractivity contribution in [1.29, 1.82) is 0 Å². The normalized spacial score (nSPS) is 17.9. The van der Waals surface area contributed by atoms with Crippen LogP contribution >= 0.6 is 0 Å². The molecule has 154 valence electrons. The number of hydrogen-bond donors (Lipinski definition) is 2. The SMILES string of the molecule is C[n+]1[nH]nc2c(-c3ccc(C(=O)N4CCN(C(=O)C5(N)CC5)CC4)cc3)cccc21. The number of nitrogens with zero attached hydrogens (tertiary/aromatic N) is 4. The van der Waals surface area contributed by atoms with Gasteiger partial charge in [-0.3, -0.25) is 9.59 Å². The number of carbonyl (C=O) groups is 2. The van der Waals surface area contributed by atoms with Crippen LogP contribution in [0.4, 0.5) is 0 Å². The van der Waals surface area contributed by atoms with Crippen molar-refractivity contribution in [3.63, 3.8) is 0 Å². The van der Waals surface area contributed by atoms with Crippen LogP contribution in [-0.4, -0.2) is 63.6 Å². The number of nitrogens with two attached hydrogens (primary N) is 1. The van der Waals surface area contributed by atoms with Gasteiger partial charge in [-0.25, -0.2) is 0 Å². The summed E-state index contributed by atoms with van der Waals surface area (Å²) in [6.07, 6.45) is 1.53. The highest BCUT2D eigenvalue weighted by Crippen LogP contribution is 2.34. The molecule has 8 heteroatoms. The molecule has 0 spiro atoms. The second-order valence-corrected chi connectivity index (χ2v) is 8.26. The monoisotopic (exact) mass is 405 g/mol. The molecule has 1 aliphatic heterocycles. The van der Waals surface area contributed by atoms with E-state index in [2.05, 4.69) is 10.3 Å². The molecule has 1 saturated heterocycles. The number of nitrogens with one attached hydrogen (secondary N) is 1. The summed E-state index contributed by atoms with van der Waals surface area (Å²) < 4.78 is 1.87. The molecule has 0 radical (unpaired) electrons. The molecular weight excluding hydrogens is 380 g/mol. The number of benzene rings is 2. The molecule has 5 rings (SSSR count). The van der Waals surface area contributed by atoms with Crippen LogP contribution in [-0.2, 0) is 11.8 Å². The number of aromatic nitrogens is 3. The maximum atomic E-state index is 12.9. The van der Waals surface area contributed by atoms with Crippen molar-refractivity contribution < 1.29 is 14.3 Å². The van der Waals surface area contributed by atoms with Crippen LogP contribution < -0.4 is 10.4 Å². The first-order chi connectivity index (χ1) is 14.5. The number of fused-ring (bicyclic) bond motifs is 1. The highest BCUT2D eigenvalue weighted by molar-refractivity contribution is 5.96. The molecule has 2 aromatic carbocycles. The van der Waals surface area contributed by atoms with Gasteiger partial charge in [-0.15, -0.1) is 0 Å². The van der Waals surface area contributed by atoms with E-state index in [1.807, 2.05) is 59.1 Å². The van der Waals surface area contributed by atoms with Gasteiger partial charge in [0.1, 0.15) is 7.05 Å². The van der Waals surface area contributed by atoms with Crippen LogP contribution in [0.5, 0.6) is 0 Å². The van der Waals surface area contributed by atoms with Gasteiger partial charge in [0.15, 0.2) is 0 Å². The number of piperazine rings is 1. The van der Waals surface area contributed by atoms with E-state index in [4.69, 9.17) is 5.73 Å². The summed E-state index contributed by atoms with van der Waals surface area (Å²) in [5.74, 6) is 0.0202. The Labute approximate surface area is 174 Å². The van der Waals surface area contributed by atoms with Crippen LogP contribution in [0, 0.1) is 0 Å². The van der Waals surface area contributed by atoms with Crippen LogP contribution in [0.3, 0.4) is 0 Å². The Morgan fingerprint density at radius 1 is 1.03 bits per heavy atom. The molecule has 8 nitrogen and oxygen atoms in total. The molecule has 2 heterocycles. The van der Waals surface area contributed by atoms with Crippen LogP contribution in [0.15, 0.2) is 42.5 Å². The number of para-hydroxylation sites is 1. The van der Waals surface area contributed by atoms with E-state index >= 15 is 0 Å². The molecule has 1 saturated carbocycles. The Balaban J connectivity index is 1.29. The Morgan fingerprint density at radius 2 is 1.70 bits per heavy atom. The Hall–Kier alpha value is -3.26. The maximum Gasteiger partial charge on any atom is 0.256 e. The van der Waals surface area contributed by atoms with Crippen molar-refractivity contribution in [2.75, 3.05) is 26.2 Å². The highest BCUT2D eigenvalue weighted by Gasteiger charge is 2.48. The number of amides is 2. The molecule has 3 aromatic rings. The average molecular weight is 405 g/mol. The summed E-state index contributed by atoms with van der Waals surface area (Å²) in [7, 11) is 1.92. The van der Waals surface area contributed by atoms with Crippen molar-refractivity contribution in [2.24, 2.45) is 12.8 Å². The third-order valence-electron chi connectivity index (χ3n) is 6.20. The quantitative estimate of drug-likeness (QED) is 0.631. The standard InChI is InChI=1S/C22H24N6O2/c1-26-18-4-2-3-17(19(18)24-25-26)15-5-7-16(8-6-15)20(29)27-11-13-28(14-12-27)21(30)22(23)9-10-22/h2-8H,9-14,23H2,1H3/p+1. The number of H-pyrrole nitrogens is 1. The molecule has 2 aliphatic rings. The predicted molar refractivity (Wildman–Crippen MR) is 111 cm³/mol. The van der Waals surface area contributed by atoms with E-state index in [9.17, 15) is 9.59 Å². The predicted octanol–water partition coefficient (Wildman–Crippen LogP) is 0.830. The second kappa shape index (κ2) is 6.91. The Kier molecular flexibility index (Phi) is 4.32. The van der Waals surface area contributed by atoms with E-state index in [0.717, 1.165) is 35.0 Å². The van der Waals surface area contributed by atoms with Crippen molar-refractivity contribution in [2.45, 2.75) is 18.4 Å². The van der Waals surface area contributed by atoms with Crippen LogP contribution in [0.2, 0.25) is 0 Å². The van der Waals surface area contributed by atoms with Gasteiger partial charge in [0, 0.05) is 42.4 Å². The lowest BCUT2D eigenvalue weighted by Gasteiger charge is -2.36. The summed E-state index contributed by atoms with van der Waals surface area (Å²) in [4.78, 5) is 28.9. The summed E-state index contributed by atoms with van der Waals surface area (Å²) in [5.41, 5.74) is 9.98. The minimum Gasteiger partial charge on any atom is -0.338 e. The number of carbonyl (C=O) groups excluding carboxylic acids is 2. The fourth-order valence-electron chi connectivity index (χ4n) is 4.08. The zero-order valence-electron chi connectivity index (χ0n) is 17.0. The Bertz CT molecular complexity index is 1120. The van der Waals surface area contributed by atoms with E-state index in [-0.39, 0.29) is 11.8 Å². The van der Waals surface area contributed by atoms with Gasteiger partial charge in [0.25, 0.3) is 11.4 Å². The van der Waals surface area contributed by atoms with Crippen molar-refractivity contribution in [3.8, 4) is 11.1 Å². The van der Waals surface area contributed by atoms with Gasteiger partial charge in [0.05, 0.1) is 5.54 Å². The minimum absolute atomic E-state index is 0.00749. The molecule has 0 bridgehead atoms. The third-order valence-corrected chi connectivity index (χ3v) is 6.20. The highest BCUT2D eigenvalue weighted by atomic mass is 16.2. The van der Waals surface area contributed by atoms with Gasteiger partial charge < -0.3 is 15.5 Å². The molecule has 0 unspecified atom stereocenters. The first-order valence-electron chi connectivity index (χ1n) is 10.3. The molecule has 3 N–H and O–H groups in total. The number of rotatable bonds is 3. The molecular formula is C22H25N6O2+. The second-order valence-electron chi connectivity index (χ2n) is 8.26. The molecule has 2 fully saturated rings. The molecule has 2 amide bonds. The third kappa shape index (κ3) is 3.13. The first-order valence-corrected chi connectivity index (χ1v) is 10.3. The van der Waals surface area contributed by atoms with Crippen LogP contribution in [0.1, 0.15) is 23.2 Å². The average Bonchev–Trinajstić information content (AvgIpc) is 3.43. The summed E-state index contributed by atoms with van der Waals surface area (Å²) in [5, 5.41) is 7.34. The maximum absolute atomic E-state index is 12.9. The van der Waals surface area contributed by atoms with Gasteiger partial charge >= 0.3 is 0 Å². The van der Waals surface area contributed by atoms with Gasteiger partial charge in [-0.1, -0.05) is 23.4 Å². The van der Waals surface area contributed by atoms with E-state index < -0.39 is 5.54 Å². The smallest absolute Gasteiger partial charge is 0.256 e. The lowest BCUT2D eigenvalue weighted by atomic mass is 10.0. The molecule has 30 heavy (non-hydrogen) atoms. The zero-order chi connectivity index (χ0) is 20.9. The fraction of sp³-hybridized carbons (Fsp3) is 0.364. The Morgan fingerprint density at radius 3 is 2.37 bits per heavy atom. The molecule has 1 aromatic heterocycles. The first kappa shape index (κ1) is 18.7. The molecule has 0 atom stereocenters. The summed E-state index contributed by atoms with van der Waals surface area (Å²) in [6, 6.07) is 13.7. The van der Waals surface area contributed by atoms with Gasteiger partial charge in [0.2, 0.25) is 11.4 Å². The van der Waals surface area contributed by atoms with Gasteiger partial charge in [-0.05, 0) is 42.7 Å². The van der Waals surface area contributed by atoms with Gasteiger partial charge in [-0.2, -0.15) is 4.68 Å². The van der Waals surface area contributed by atoms with Crippen molar-refractivity contribution in [3.05, 3.63) is 48.0 Å². The summed E-state index contributed by atoms with van der Waals surface area (Å²) in [6.45, 7) is 2.15. The zero-order valence-corrected chi connectivity index (χ0v) is 17.0. The number of aryl methyl sites for hydroxylation is 1. The largest absolute Gasteiger partial charge is 0.338 e. The van der Waals surface area contributed by atoms with E-state index in [1.165, 1.54) is 0 Å².